The Morgan fingerprint density at radius 3 is 2.50 bits per heavy atom. The molecule has 2 atom stereocenters. The summed E-state index contributed by atoms with van der Waals surface area (Å²) in [5.74, 6) is 1.03. The zero-order valence-corrected chi connectivity index (χ0v) is 15.5. The van der Waals surface area contributed by atoms with Gasteiger partial charge in [-0.1, -0.05) is 0 Å². The minimum atomic E-state index is -4.38. The molecular weight excluding hydrogens is 345 g/mol. The molecule has 2 saturated carbocycles. The number of hydrogen-bond donors (Lipinski definition) is 1. The number of amides is 1. The van der Waals surface area contributed by atoms with E-state index in [9.17, 15) is 18.0 Å². The zero-order valence-electron chi connectivity index (χ0n) is 15.5. The Bertz CT molecular complexity index is 621. The summed E-state index contributed by atoms with van der Waals surface area (Å²) < 4.78 is 43.9. The first kappa shape index (κ1) is 19.1. The van der Waals surface area contributed by atoms with Crippen LogP contribution in [0.1, 0.15) is 46.0 Å². The van der Waals surface area contributed by atoms with E-state index >= 15 is 0 Å². The molecule has 1 N–H and O–H groups in total. The number of allylic oxidation sites excluding steroid dienone is 1. The highest BCUT2D eigenvalue weighted by molar-refractivity contribution is 5.77. The highest BCUT2D eigenvalue weighted by Gasteiger charge is 2.47. The molecule has 4 nitrogen and oxygen atoms in total. The normalized spacial score (nSPS) is 24.3. The van der Waals surface area contributed by atoms with Gasteiger partial charge in [0, 0.05) is 37.3 Å². The molecule has 0 saturated heterocycles. The van der Waals surface area contributed by atoms with Crippen LogP contribution in [0.4, 0.5) is 13.2 Å². The predicted molar refractivity (Wildman–Crippen MR) is 92.0 cm³/mol. The lowest BCUT2D eigenvalue weighted by Crippen LogP contribution is -2.49. The van der Waals surface area contributed by atoms with E-state index < -0.39 is 12.3 Å². The van der Waals surface area contributed by atoms with Gasteiger partial charge < -0.3 is 15.0 Å². The summed E-state index contributed by atoms with van der Waals surface area (Å²) in [5, 5.41) is 2.69. The van der Waals surface area contributed by atoms with Gasteiger partial charge in [0.05, 0.1) is 0 Å². The Kier molecular flexibility index (Phi) is 5.01. The van der Waals surface area contributed by atoms with Crippen molar-refractivity contribution in [3.05, 3.63) is 23.6 Å². The summed E-state index contributed by atoms with van der Waals surface area (Å²) >= 11 is 0. The predicted octanol–water partition coefficient (Wildman–Crippen LogP) is 3.75. The number of nitrogens with zero attached hydrogens (tertiary/aromatic N) is 1. The van der Waals surface area contributed by atoms with E-state index in [1.165, 1.54) is 0 Å². The van der Waals surface area contributed by atoms with Crippen LogP contribution >= 0.6 is 0 Å². The molecule has 1 heterocycles. The molecule has 1 aliphatic heterocycles. The van der Waals surface area contributed by atoms with Crippen molar-refractivity contribution in [3.63, 3.8) is 0 Å². The van der Waals surface area contributed by atoms with Crippen LogP contribution in [-0.4, -0.2) is 42.2 Å². The summed E-state index contributed by atoms with van der Waals surface area (Å²) in [5.41, 5.74) is 0.522. The van der Waals surface area contributed by atoms with Crippen LogP contribution < -0.4 is 5.32 Å². The van der Waals surface area contributed by atoms with Gasteiger partial charge in [0.1, 0.15) is 5.76 Å². The van der Waals surface area contributed by atoms with Gasteiger partial charge in [-0.15, -0.1) is 0 Å². The second kappa shape index (κ2) is 6.82. The number of halogens is 3. The summed E-state index contributed by atoms with van der Waals surface area (Å²) in [7, 11) is 1.63. The molecule has 0 radical (unpaired) electrons. The maximum absolute atomic E-state index is 12.9. The Balaban J connectivity index is 1.80. The lowest BCUT2D eigenvalue weighted by molar-refractivity contribution is -0.202. The summed E-state index contributed by atoms with van der Waals surface area (Å²) in [6.07, 6.45) is 1.97. The SMILES string of the molecule is CNC(=O)CC(C)(C1CC1)N1C=C(C2CC2)C(O[C@@H](C)C(F)(F)F)=CC1. The first-order valence-corrected chi connectivity index (χ1v) is 9.28. The molecular formula is C19H27F3N2O2. The Morgan fingerprint density at radius 1 is 1.35 bits per heavy atom. The van der Waals surface area contributed by atoms with E-state index in [-0.39, 0.29) is 17.4 Å². The molecule has 1 amide bonds. The molecule has 1 unspecified atom stereocenters. The van der Waals surface area contributed by atoms with E-state index in [0.29, 0.717) is 24.6 Å². The van der Waals surface area contributed by atoms with E-state index in [0.717, 1.165) is 38.2 Å². The molecule has 3 aliphatic rings. The average Bonchev–Trinajstić information content (AvgIpc) is 3.46. The summed E-state index contributed by atoms with van der Waals surface area (Å²) in [6.45, 7) is 3.58. The number of hydrogen-bond acceptors (Lipinski definition) is 3. The zero-order chi connectivity index (χ0) is 19.1. The third-order valence-electron chi connectivity index (χ3n) is 5.74. The Labute approximate surface area is 152 Å². The topological polar surface area (TPSA) is 41.6 Å². The molecule has 0 aromatic carbocycles. The number of nitrogens with one attached hydrogen (secondary N) is 1. The minimum Gasteiger partial charge on any atom is -0.481 e. The van der Waals surface area contributed by atoms with E-state index in [4.69, 9.17) is 4.74 Å². The Hall–Kier alpha value is -1.66. The van der Waals surface area contributed by atoms with Crippen molar-refractivity contribution in [3.8, 4) is 0 Å². The van der Waals surface area contributed by atoms with Gasteiger partial charge in [-0.25, -0.2) is 0 Å². The van der Waals surface area contributed by atoms with Crippen LogP contribution in [0, 0.1) is 11.8 Å². The van der Waals surface area contributed by atoms with Gasteiger partial charge >= 0.3 is 6.18 Å². The molecule has 3 rings (SSSR count). The summed E-state index contributed by atoms with van der Waals surface area (Å²) in [4.78, 5) is 14.2. The van der Waals surface area contributed by atoms with E-state index in [1.807, 2.05) is 6.20 Å². The van der Waals surface area contributed by atoms with E-state index in [2.05, 4.69) is 17.1 Å². The van der Waals surface area contributed by atoms with Crippen LogP contribution in [0.3, 0.4) is 0 Å². The van der Waals surface area contributed by atoms with Crippen LogP contribution in [0.2, 0.25) is 0 Å². The van der Waals surface area contributed by atoms with Crippen LogP contribution in [0.15, 0.2) is 23.6 Å². The van der Waals surface area contributed by atoms with Crippen LogP contribution in [0.5, 0.6) is 0 Å². The number of ether oxygens (including phenoxy) is 1. The first-order valence-electron chi connectivity index (χ1n) is 9.28. The number of carbonyl (C=O) groups excluding carboxylic acids is 1. The third-order valence-corrected chi connectivity index (χ3v) is 5.74. The Morgan fingerprint density at radius 2 is 2.00 bits per heavy atom. The maximum Gasteiger partial charge on any atom is 0.425 e. The molecule has 2 fully saturated rings. The number of rotatable bonds is 7. The molecule has 7 heteroatoms. The number of alkyl halides is 3. The first-order chi connectivity index (χ1) is 12.1. The smallest absolute Gasteiger partial charge is 0.425 e. The van der Waals surface area contributed by atoms with Crippen molar-refractivity contribution in [1.82, 2.24) is 10.2 Å². The fourth-order valence-corrected chi connectivity index (χ4v) is 3.61. The quantitative estimate of drug-likeness (QED) is 0.740. The lowest BCUT2D eigenvalue weighted by Gasteiger charge is -2.43. The minimum absolute atomic E-state index is 0.0162. The highest BCUT2D eigenvalue weighted by Crippen LogP contribution is 2.48. The average molecular weight is 372 g/mol. The highest BCUT2D eigenvalue weighted by atomic mass is 19.4. The van der Waals surface area contributed by atoms with Gasteiger partial charge in [-0.05, 0) is 57.4 Å². The molecule has 146 valence electrons. The molecule has 2 aliphatic carbocycles. The fraction of sp³-hybridized carbons (Fsp3) is 0.737. The molecule has 0 aromatic heterocycles. The van der Waals surface area contributed by atoms with Crippen molar-refractivity contribution in [1.29, 1.82) is 0 Å². The van der Waals surface area contributed by atoms with Crippen LogP contribution in [0.25, 0.3) is 0 Å². The third kappa shape index (κ3) is 4.01. The molecule has 0 aromatic rings. The van der Waals surface area contributed by atoms with Gasteiger partial charge in [0.15, 0.2) is 6.10 Å². The van der Waals surface area contributed by atoms with Crippen molar-refractivity contribution >= 4 is 5.91 Å². The molecule has 26 heavy (non-hydrogen) atoms. The van der Waals surface area contributed by atoms with Crippen molar-refractivity contribution in [2.75, 3.05) is 13.6 Å². The van der Waals surface area contributed by atoms with Crippen LogP contribution in [-0.2, 0) is 9.53 Å². The maximum atomic E-state index is 12.9. The van der Waals surface area contributed by atoms with Crippen molar-refractivity contribution in [2.45, 2.75) is 63.8 Å². The van der Waals surface area contributed by atoms with Gasteiger partial charge in [0.25, 0.3) is 0 Å². The van der Waals surface area contributed by atoms with Crippen molar-refractivity contribution < 1.29 is 22.7 Å². The second-order valence-corrected chi connectivity index (χ2v) is 7.86. The monoisotopic (exact) mass is 372 g/mol. The fourth-order valence-electron chi connectivity index (χ4n) is 3.61. The molecule has 0 bridgehead atoms. The largest absolute Gasteiger partial charge is 0.481 e. The van der Waals surface area contributed by atoms with Crippen molar-refractivity contribution in [2.24, 2.45) is 11.8 Å². The summed E-state index contributed by atoms with van der Waals surface area (Å²) in [6, 6.07) is 0. The standard InChI is InChI=1S/C19H27F3N2O2/c1-12(19(20,21)22)26-16-8-9-24(11-15(16)13-4-5-13)18(2,14-6-7-14)10-17(25)23-3/h8,11-14H,4-7,9-10H2,1-3H3,(H,23,25)/t12-,18?/m0/s1. The van der Waals surface area contributed by atoms with Gasteiger partial charge in [-0.3, -0.25) is 4.79 Å². The van der Waals surface area contributed by atoms with Gasteiger partial charge in [0.2, 0.25) is 5.91 Å². The second-order valence-electron chi connectivity index (χ2n) is 7.86. The van der Waals surface area contributed by atoms with E-state index in [1.54, 1.807) is 13.1 Å². The molecule has 0 spiro atoms. The lowest BCUT2D eigenvalue weighted by atomic mass is 9.88. The van der Waals surface area contributed by atoms with Gasteiger partial charge in [-0.2, -0.15) is 13.2 Å². The number of carbonyl (C=O) groups is 1.